The second-order valence-electron chi connectivity index (χ2n) is 3.52. The second kappa shape index (κ2) is 3.68. The molecule has 1 aromatic heterocycles. The van der Waals surface area contributed by atoms with Crippen molar-refractivity contribution in [3.8, 4) is 0 Å². The van der Waals surface area contributed by atoms with Crippen LogP contribution in [-0.2, 0) is 0 Å². The van der Waals surface area contributed by atoms with Crippen molar-refractivity contribution in [3.63, 3.8) is 0 Å². The van der Waals surface area contributed by atoms with Crippen molar-refractivity contribution in [1.82, 2.24) is 15.5 Å². The van der Waals surface area contributed by atoms with Crippen LogP contribution in [0.2, 0.25) is 5.15 Å². The predicted molar refractivity (Wildman–Crippen MR) is 65.0 cm³/mol. The minimum absolute atomic E-state index is 0.539. The monoisotopic (exact) mass is 235 g/mol. The van der Waals surface area contributed by atoms with E-state index >= 15 is 0 Å². The Labute approximate surface area is 96.9 Å². The van der Waals surface area contributed by atoms with Gasteiger partial charge in [0.15, 0.2) is 5.96 Å². The van der Waals surface area contributed by atoms with Gasteiger partial charge in [0.1, 0.15) is 5.15 Å². The Kier molecular flexibility index (Phi) is 2.18. The number of nitrogens with one attached hydrogen (secondary N) is 3. The molecule has 0 unspecified atom stereocenters. The normalized spacial score (nSPS) is 14.9. The lowest BCUT2D eigenvalue weighted by atomic mass is 10.2. The molecule has 3 N–H and O–H groups in total. The summed E-state index contributed by atoms with van der Waals surface area (Å²) in [5.74, 6) is 0.782. The number of aromatic amines is 1. The maximum atomic E-state index is 6.04. The molecule has 0 bridgehead atoms. The van der Waals surface area contributed by atoms with Crippen LogP contribution in [0.5, 0.6) is 0 Å². The molecular weight excluding hydrogens is 226 g/mol. The molecule has 2 aromatic rings. The first-order valence-electron chi connectivity index (χ1n) is 5.02. The highest BCUT2D eigenvalue weighted by Gasteiger charge is 2.11. The largest absolute Gasteiger partial charge is 0.354 e. The van der Waals surface area contributed by atoms with Crippen molar-refractivity contribution in [2.24, 2.45) is 4.99 Å². The third kappa shape index (κ3) is 1.49. The number of rotatable bonds is 1. The lowest BCUT2D eigenvalue weighted by Gasteiger charge is -2.07. The molecule has 16 heavy (non-hydrogen) atoms. The van der Waals surface area contributed by atoms with E-state index in [1.54, 1.807) is 0 Å². The number of anilines is 1. The van der Waals surface area contributed by atoms with E-state index in [1.165, 1.54) is 0 Å². The molecule has 2 heterocycles. The Morgan fingerprint density at radius 1 is 1.38 bits per heavy atom. The van der Waals surface area contributed by atoms with E-state index in [2.05, 4.69) is 25.8 Å². The summed E-state index contributed by atoms with van der Waals surface area (Å²) in [6, 6.07) is 5.79. The molecule has 0 saturated heterocycles. The smallest absolute Gasteiger partial charge is 0.195 e. The number of halogens is 1. The van der Waals surface area contributed by atoms with Gasteiger partial charge in [-0.15, -0.1) is 0 Å². The lowest BCUT2D eigenvalue weighted by molar-refractivity contribution is 0.959. The minimum Gasteiger partial charge on any atom is -0.354 e. The van der Waals surface area contributed by atoms with Crippen molar-refractivity contribution >= 4 is 34.2 Å². The van der Waals surface area contributed by atoms with E-state index in [1.807, 2.05) is 18.2 Å². The number of hydrogen-bond donors (Lipinski definition) is 3. The molecule has 1 aromatic carbocycles. The average Bonchev–Trinajstić information content (AvgIpc) is 2.90. The fraction of sp³-hybridized carbons (Fsp3) is 0.200. The summed E-state index contributed by atoms with van der Waals surface area (Å²) >= 11 is 6.04. The molecular formula is C10H10ClN5. The highest BCUT2D eigenvalue weighted by Crippen LogP contribution is 2.28. The molecule has 1 aliphatic heterocycles. The first-order chi connectivity index (χ1) is 7.84. The third-order valence-electron chi connectivity index (χ3n) is 2.46. The molecule has 5 nitrogen and oxygen atoms in total. The Hall–Kier alpha value is -1.75. The van der Waals surface area contributed by atoms with Gasteiger partial charge < -0.3 is 10.6 Å². The molecule has 0 fully saturated rings. The van der Waals surface area contributed by atoms with Crippen molar-refractivity contribution in [2.75, 3.05) is 18.4 Å². The number of benzene rings is 1. The Balaban J connectivity index is 2.05. The number of nitrogens with zero attached hydrogens (tertiary/aromatic N) is 2. The lowest BCUT2D eigenvalue weighted by Crippen LogP contribution is -2.26. The van der Waals surface area contributed by atoms with Gasteiger partial charge in [-0.1, -0.05) is 17.7 Å². The molecule has 6 heteroatoms. The van der Waals surface area contributed by atoms with Gasteiger partial charge in [0.2, 0.25) is 0 Å². The Morgan fingerprint density at radius 2 is 2.31 bits per heavy atom. The molecule has 3 rings (SSSR count). The molecule has 0 atom stereocenters. The molecule has 0 spiro atoms. The van der Waals surface area contributed by atoms with Crippen LogP contribution < -0.4 is 10.6 Å². The number of H-pyrrole nitrogens is 1. The fourth-order valence-corrected chi connectivity index (χ4v) is 1.98. The van der Waals surface area contributed by atoms with Crippen LogP contribution in [0.1, 0.15) is 0 Å². The van der Waals surface area contributed by atoms with E-state index in [0.29, 0.717) is 5.15 Å². The zero-order valence-electron chi connectivity index (χ0n) is 8.42. The molecule has 0 amide bonds. The van der Waals surface area contributed by atoms with Gasteiger partial charge in [0, 0.05) is 6.54 Å². The van der Waals surface area contributed by atoms with Crippen molar-refractivity contribution in [3.05, 3.63) is 23.4 Å². The second-order valence-corrected chi connectivity index (χ2v) is 3.90. The highest BCUT2D eigenvalue weighted by molar-refractivity contribution is 6.35. The zero-order valence-corrected chi connectivity index (χ0v) is 9.17. The first-order valence-corrected chi connectivity index (χ1v) is 5.40. The van der Waals surface area contributed by atoms with Crippen LogP contribution in [-0.4, -0.2) is 29.2 Å². The maximum Gasteiger partial charge on any atom is 0.195 e. The number of aliphatic imine (C=N–C) groups is 1. The van der Waals surface area contributed by atoms with E-state index < -0.39 is 0 Å². The van der Waals surface area contributed by atoms with Crippen LogP contribution in [0, 0.1) is 0 Å². The standard InChI is InChI=1S/C10H10ClN5/c11-9-8-6(14-10-12-4-5-13-10)2-1-3-7(8)15-16-9/h1-3H,4-5H2,(H,15,16)(H2,12,13,14). The van der Waals surface area contributed by atoms with Gasteiger partial charge in [0.05, 0.1) is 23.1 Å². The average molecular weight is 236 g/mol. The van der Waals surface area contributed by atoms with Gasteiger partial charge in [-0.25, -0.2) is 0 Å². The van der Waals surface area contributed by atoms with Crippen molar-refractivity contribution in [1.29, 1.82) is 0 Å². The van der Waals surface area contributed by atoms with Gasteiger partial charge in [-0.2, -0.15) is 5.10 Å². The van der Waals surface area contributed by atoms with Gasteiger partial charge in [-0.3, -0.25) is 10.1 Å². The van der Waals surface area contributed by atoms with Crippen LogP contribution in [0.15, 0.2) is 23.2 Å². The van der Waals surface area contributed by atoms with Crippen LogP contribution in [0.25, 0.3) is 10.9 Å². The summed E-state index contributed by atoms with van der Waals surface area (Å²) in [6.07, 6.45) is 0. The molecule has 1 aliphatic rings. The van der Waals surface area contributed by atoms with Crippen molar-refractivity contribution in [2.45, 2.75) is 0 Å². The maximum absolute atomic E-state index is 6.04. The summed E-state index contributed by atoms with van der Waals surface area (Å²) < 4.78 is 0. The Morgan fingerprint density at radius 3 is 3.12 bits per heavy atom. The highest BCUT2D eigenvalue weighted by atomic mass is 35.5. The summed E-state index contributed by atoms with van der Waals surface area (Å²) in [4.78, 5) is 4.27. The summed E-state index contributed by atoms with van der Waals surface area (Å²) in [5, 5.41) is 14.6. The van der Waals surface area contributed by atoms with E-state index in [0.717, 1.165) is 35.6 Å². The van der Waals surface area contributed by atoms with Gasteiger partial charge in [-0.05, 0) is 12.1 Å². The SMILES string of the molecule is Clc1[nH]nc2cccc(NC3=NCCN3)c12. The van der Waals surface area contributed by atoms with Gasteiger partial charge in [0.25, 0.3) is 0 Å². The van der Waals surface area contributed by atoms with E-state index in [-0.39, 0.29) is 0 Å². The topological polar surface area (TPSA) is 65.1 Å². The van der Waals surface area contributed by atoms with Crippen LogP contribution in [0.3, 0.4) is 0 Å². The number of guanidine groups is 1. The van der Waals surface area contributed by atoms with Gasteiger partial charge >= 0.3 is 0 Å². The molecule has 82 valence electrons. The molecule has 0 saturated carbocycles. The summed E-state index contributed by atoms with van der Waals surface area (Å²) in [6.45, 7) is 1.68. The minimum atomic E-state index is 0.539. The quantitative estimate of drug-likeness (QED) is 0.703. The number of fused-ring (bicyclic) bond motifs is 1. The van der Waals surface area contributed by atoms with Crippen LogP contribution in [0.4, 0.5) is 5.69 Å². The molecule has 0 aliphatic carbocycles. The fourth-order valence-electron chi connectivity index (χ4n) is 1.74. The Bertz CT molecular complexity index is 559. The zero-order chi connectivity index (χ0) is 11.0. The predicted octanol–water partition coefficient (Wildman–Crippen LogP) is 1.59. The number of aromatic nitrogens is 2. The van der Waals surface area contributed by atoms with Crippen LogP contribution >= 0.6 is 11.6 Å². The van der Waals surface area contributed by atoms with Crippen molar-refractivity contribution < 1.29 is 0 Å². The number of hydrogen-bond acceptors (Lipinski definition) is 4. The summed E-state index contributed by atoms with van der Waals surface area (Å²) in [7, 11) is 0. The van der Waals surface area contributed by atoms with E-state index in [4.69, 9.17) is 11.6 Å². The molecule has 0 radical (unpaired) electrons. The van der Waals surface area contributed by atoms with E-state index in [9.17, 15) is 0 Å². The first kappa shape index (κ1) is 9.47. The summed E-state index contributed by atoms with van der Waals surface area (Å²) in [5.41, 5.74) is 1.75. The third-order valence-corrected chi connectivity index (χ3v) is 2.74.